The Balaban J connectivity index is 0. The molecule has 0 aliphatic carbocycles. The average Bonchev–Trinajstić information content (AvgIpc) is 2.39. The maximum atomic E-state index is 12.3. The zero-order chi connectivity index (χ0) is 14.1. The first kappa shape index (κ1) is 21.5. The van der Waals surface area contributed by atoms with Crippen molar-refractivity contribution < 1.29 is 74.2 Å². The second-order valence-electron chi connectivity index (χ2n) is 3.74. The average molecular weight is 365 g/mol. The van der Waals surface area contributed by atoms with Crippen LogP contribution in [0.25, 0.3) is 0 Å². The van der Waals surface area contributed by atoms with Crippen LogP contribution >= 0.6 is 0 Å². The van der Waals surface area contributed by atoms with Crippen LogP contribution in [0.1, 0.15) is 1.43 Å². The zero-order valence-corrected chi connectivity index (χ0v) is 17.1. The first-order valence-corrected chi connectivity index (χ1v) is 8.12. The molecule has 0 heterocycles. The first-order valence-electron chi connectivity index (χ1n) is 5.20. The summed E-state index contributed by atoms with van der Waals surface area (Å²) in [6.45, 7) is 0. The molecule has 0 atom stereocenters. The van der Waals surface area contributed by atoms with Crippen molar-refractivity contribution in [1.29, 1.82) is 0 Å². The minimum absolute atomic E-state index is 0. The molecule has 1 N–H and O–H groups in total. The van der Waals surface area contributed by atoms with E-state index in [2.05, 4.69) is 0 Å². The number of sulfone groups is 1. The maximum absolute atomic E-state index is 12.3. The fourth-order valence-electron chi connectivity index (χ4n) is 1.61. The van der Waals surface area contributed by atoms with Gasteiger partial charge in [0.05, 0.1) is 9.79 Å². The molecule has 0 aliphatic heterocycles. The van der Waals surface area contributed by atoms with Crippen molar-refractivity contribution in [3.63, 3.8) is 0 Å². The molecule has 9 heteroatoms. The van der Waals surface area contributed by atoms with Crippen molar-refractivity contribution in [3.8, 4) is 0 Å². The monoisotopic (exact) mass is 365 g/mol. The Morgan fingerprint density at radius 1 is 0.762 bits per heavy atom. The zero-order valence-electron chi connectivity index (χ0n) is 12.2. The number of rotatable bonds is 3. The summed E-state index contributed by atoms with van der Waals surface area (Å²) in [7, 11) is -8.60. The van der Waals surface area contributed by atoms with Gasteiger partial charge in [-0.2, -0.15) is 8.42 Å². The van der Waals surface area contributed by atoms with Gasteiger partial charge in [-0.3, -0.25) is 4.55 Å². The van der Waals surface area contributed by atoms with Gasteiger partial charge in [0, 0.05) is 17.4 Å². The Bertz CT molecular complexity index is 810. The normalized spacial score (nSPS) is 11.1. The fraction of sp³-hybridized carbons (Fsp3) is 0. The van der Waals surface area contributed by atoms with Gasteiger partial charge in [0.25, 0.3) is 10.1 Å². The van der Waals surface area contributed by atoms with Crippen molar-refractivity contribution in [1.82, 2.24) is 0 Å². The first-order chi connectivity index (χ1) is 8.83. The topological polar surface area (TPSA) is 88.5 Å². The van der Waals surface area contributed by atoms with Crippen molar-refractivity contribution >= 4 is 37.3 Å². The molecule has 0 saturated carbocycles. The quantitative estimate of drug-likeness (QED) is 0.528. The van der Waals surface area contributed by atoms with E-state index >= 15 is 0 Å². The molecule has 0 aliphatic rings. The second-order valence-corrected chi connectivity index (χ2v) is 7.05. The molecule has 105 valence electrons. The van der Waals surface area contributed by atoms with Gasteiger partial charge >= 0.3 is 51.4 Å². The van der Waals surface area contributed by atoms with Crippen LogP contribution in [0.15, 0.2) is 69.3 Å². The Morgan fingerprint density at radius 3 is 1.67 bits per heavy atom. The van der Waals surface area contributed by atoms with Crippen LogP contribution in [0.3, 0.4) is 0 Å². The molecule has 3 radical (unpaired) electrons. The number of hydrogen-bond acceptors (Lipinski definition) is 4. The molecule has 0 unspecified atom stereocenters. The van der Waals surface area contributed by atoms with Gasteiger partial charge in [0.1, 0.15) is 4.90 Å². The third-order valence-electron chi connectivity index (χ3n) is 2.47. The van der Waals surface area contributed by atoms with Crippen molar-refractivity contribution in [2.24, 2.45) is 0 Å². The van der Waals surface area contributed by atoms with Crippen LogP contribution < -0.4 is 51.4 Å². The predicted molar refractivity (Wildman–Crippen MR) is 75.0 cm³/mol. The smallest absolute Gasteiger partial charge is 1.00 e. The van der Waals surface area contributed by atoms with Gasteiger partial charge in [-0.25, -0.2) is 8.42 Å². The Morgan fingerprint density at radius 2 is 1.19 bits per heavy atom. The predicted octanol–water partition coefficient (Wildman–Crippen LogP) is -1.50. The van der Waals surface area contributed by atoms with Gasteiger partial charge in [0.15, 0.2) is 0 Å². The molecule has 0 aromatic heterocycles. The van der Waals surface area contributed by atoms with Crippen molar-refractivity contribution in [2.75, 3.05) is 0 Å². The minimum Gasteiger partial charge on any atom is -1.00 e. The van der Waals surface area contributed by atoms with Crippen LogP contribution in [0.2, 0.25) is 0 Å². The summed E-state index contributed by atoms with van der Waals surface area (Å²) in [6, 6.07) is 12.3. The summed E-state index contributed by atoms with van der Waals surface area (Å²) in [5.74, 6) is 0. The van der Waals surface area contributed by atoms with E-state index in [0.717, 1.165) is 12.1 Å². The summed E-state index contributed by atoms with van der Waals surface area (Å²) in [5, 5.41) is 0. The van der Waals surface area contributed by atoms with Crippen LogP contribution in [0, 0.1) is 0 Å². The molecule has 2 rings (SSSR count). The molecular weight excluding hydrogens is 354 g/mol. The van der Waals surface area contributed by atoms with E-state index in [1.165, 1.54) is 36.4 Å². The van der Waals surface area contributed by atoms with Gasteiger partial charge in [-0.15, -0.1) is 0 Å². The van der Waals surface area contributed by atoms with E-state index in [9.17, 15) is 16.8 Å². The summed E-state index contributed by atoms with van der Waals surface area (Å²) >= 11 is 0. The molecule has 0 saturated heterocycles. The molecule has 0 fully saturated rings. The van der Waals surface area contributed by atoms with Crippen LogP contribution in [-0.2, 0) is 20.0 Å². The van der Waals surface area contributed by atoms with Gasteiger partial charge in [-0.1, -0.05) is 30.3 Å². The summed E-state index contributed by atoms with van der Waals surface area (Å²) < 4.78 is 56.2. The van der Waals surface area contributed by atoms with Crippen LogP contribution in [0.5, 0.6) is 0 Å². The Labute approximate surface area is 178 Å². The summed E-state index contributed by atoms with van der Waals surface area (Å²) in [4.78, 5) is -1.10. The van der Waals surface area contributed by atoms with E-state index in [1.807, 2.05) is 0 Å². The minimum atomic E-state index is -4.60. The SMILES string of the molecule is O=S(=O)(O)c1ccccc1S(=O)(=O)c1ccccc1.[Al].[H-].[K+]. The molecular formula is C12H11AlKO5S2. The second kappa shape index (κ2) is 8.36. The summed E-state index contributed by atoms with van der Waals surface area (Å²) in [5.41, 5.74) is 0. The summed E-state index contributed by atoms with van der Waals surface area (Å²) in [6.07, 6.45) is 0. The third kappa shape index (κ3) is 4.97. The molecule has 0 spiro atoms. The molecule has 5 nitrogen and oxygen atoms in total. The van der Waals surface area contributed by atoms with E-state index < -0.39 is 29.7 Å². The maximum Gasteiger partial charge on any atom is 1.00 e. The van der Waals surface area contributed by atoms with Gasteiger partial charge < -0.3 is 1.43 Å². The molecule has 2 aromatic carbocycles. The van der Waals surface area contributed by atoms with E-state index in [-0.39, 0.29) is 75.1 Å². The third-order valence-corrected chi connectivity index (χ3v) is 5.34. The Kier molecular flexibility index (Phi) is 8.54. The molecule has 0 bridgehead atoms. The fourth-order valence-corrected chi connectivity index (χ4v) is 4.19. The van der Waals surface area contributed by atoms with E-state index in [0.29, 0.717) is 0 Å². The van der Waals surface area contributed by atoms with E-state index in [4.69, 9.17) is 4.55 Å². The molecule has 21 heavy (non-hydrogen) atoms. The van der Waals surface area contributed by atoms with Gasteiger partial charge in [-0.05, 0) is 24.3 Å². The molecule has 0 amide bonds. The van der Waals surface area contributed by atoms with Crippen LogP contribution in [0.4, 0.5) is 0 Å². The van der Waals surface area contributed by atoms with Crippen LogP contribution in [-0.4, -0.2) is 38.7 Å². The Hall–Kier alpha value is 0.469. The standard InChI is InChI=1S/C12H10O5S2.Al.K.H/c13-18(14,10-6-2-1-3-7-10)11-8-4-5-9-12(11)19(15,16)17;;;/h1-9H,(H,15,16,17);;;/q;;+1;-1. The van der Waals surface area contributed by atoms with Gasteiger partial charge in [0.2, 0.25) is 9.84 Å². The van der Waals surface area contributed by atoms with Crippen molar-refractivity contribution in [2.45, 2.75) is 14.7 Å². The van der Waals surface area contributed by atoms with Crippen molar-refractivity contribution in [3.05, 3.63) is 54.6 Å². The number of hydrogen-bond donors (Lipinski definition) is 1. The largest absolute Gasteiger partial charge is 1.00 e. The number of benzene rings is 2. The molecule has 2 aromatic rings. The van der Waals surface area contributed by atoms with E-state index in [1.54, 1.807) is 6.07 Å².